The van der Waals surface area contributed by atoms with Crippen molar-refractivity contribution in [3.63, 3.8) is 0 Å². The quantitative estimate of drug-likeness (QED) is 0.538. The number of rotatable bonds is 7. The molecule has 0 saturated carbocycles. The SMILES string of the molecule is C=CC(=O)N1C[C@@H](Oc2nc(Nc3ncc(C)s3)cc3c2ccn3CC(C)C)C[C@@H]1C. The van der Waals surface area contributed by atoms with E-state index in [1.165, 1.54) is 6.08 Å². The summed E-state index contributed by atoms with van der Waals surface area (Å²) in [5.41, 5.74) is 1.07. The van der Waals surface area contributed by atoms with Gasteiger partial charge in [0.2, 0.25) is 11.8 Å². The number of pyridine rings is 1. The van der Waals surface area contributed by atoms with Gasteiger partial charge in [-0.3, -0.25) is 4.79 Å². The number of aromatic nitrogens is 3. The minimum Gasteiger partial charge on any atom is -0.472 e. The largest absolute Gasteiger partial charge is 0.472 e. The highest BCUT2D eigenvalue weighted by atomic mass is 32.1. The summed E-state index contributed by atoms with van der Waals surface area (Å²) < 4.78 is 8.61. The summed E-state index contributed by atoms with van der Waals surface area (Å²) in [5.74, 6) is 1.74. The van der Waals surface area contributed by atoms with Crippen LogP contribution in [0.5, 0.6) is 5.88 Å². The lowest BCUT2D eigenvalue weighted by atomic mass is 10.2. The van der Waals surface area contributed by atoms with E-state index in [0.29, 0.717) is 24.2 Å². The van der Waals surface area contributed by atoms with Crippen LogP contribution in [0.15, 0.2) is 37.2 Å². The summed E-state index contributed by atoms with van der Waals surface area (Å²) >= 11 is 1.59. The van der Waals surface area contributed by atoms with E-state index >= 15 is 0 Å². The highest BCUT2D eigenvalue weighted by Crippen LogP contribution is 2.33. The van der Waals surface area contributed by atoms with Crippen molar-refractivity contribution in [3.05, 3.63) is 42.1 Å². The van der Waals surface area contributed by atoms with Crippen LogP contribution in [-0.4, -0.2) is 44.0 Å². The standard InChI is InChI=1S/C23H29N5O2S/c1-6-21(29)28-13-17(9-15(28)4)30-22-18-7-8-27(12-14(2)3)19(18)10-20(25-22)26-23-24-11-16(5)31-23/h6-8,10-11,14-15,17H,1,9,12-13H2,2-5H3,(H,24,25,26)/t15-,17-/m0/s1. The van der Waals surface area contributed by atoms with Gasteiger partial charge in [0.15, 0.2) is 5.13 Å². The van der Waals surface area contributed by atoms with E-state index < -0.39 is 0 Å². The molecule has 2 atom stereocenters. The number of nitrogens with zero attached hydrogens (tertiary/aromatic N) is 4. The number of likely N-dealkylation sites (tertiary alicyclic amines) is 1. The number of ether oxygens (including phenoxy) is 1. The number of thiazole rings is 1. The Labute approximate surface area is 186 Å². The summed E-state index contributed by atoms with van der Waals surface area (Å²) in [6, 6.07) is 4.21. The Morgan fingerprint density at radius 2 is 2.29 bits per heavy atom. The smallest absolute Gasteiger partial charge is 0.246 e. The maximum Gasteiger partial charge on any atom is 0.246 e. The molecule has 1 fully saturated rings. The Hall–Kier alpha value is -2.87. The number of hydrogen-bond donors (Lipinski definition) is 1. The molecule has 1 N–H and O–H groups in total. The van der Waals surface area contributed by atoms with Crippen LogP contribution in [0.25, 0.3) is 10.9 Å². The van der Waals surface area contributed by atoms with Gasteiger partial charge >= 0.3 is 0 Å². The molecule has 8 heteroatoms. The lowest BCUT2D eigenvalue weighted by Gasteiger charge is -2.19. The van der Waals surface area contributed by atoms with Gasteiger partial charge in [-0.05, 0) is 31.9 Å². The van der Waals surface area contributed by atoms with Gasteiger partial charge in [0.1, 0.15) is 11.9 Å². The van der Waals surface area contributed by atoms with Crippen LogP contribution in [0.3, 0.4) is 0 Å². The zero-order chi connectivity index (χ0) is 22.1. The highest BCUT2D eigenvalue weighted by Gasteiger charge is 2.33. The van der Waals surface area contributed by atoms with Crippen LogP contribution in [0, 0.1) is 12.8 Å². The van der Waals surface area contributed by atoms with Crippen molar-refractivity contribution in [2.45, 2.75) is 52.8 Å². The molecular weight excluding hydrogens is 410 g/mol. The molecule has 1 aliphatic rings. The van der Waals surface area contributed by atoms with Crippen molar-refractivity contribution in [1.29, 1.82) is 0 Å². The van der Waals surface area contributed by atoms with E-state index in [-0.39, 0.29) is 18.1 Å². The molecule has 1 amide bonds. The third-order valence-corrected chi connectivity index (χ3v) is 6.25. The summed E-state index contributed by atoms with van der Waals surface area (Å²) in [4.78, 5) is 24.2. The molecule has 164 valence electrons. The second-order valence-electron chi connectivity index (χ2n) is 8.53. The Bertz CT molecular complexity index is 1100. The maximum absolute atomic E-state index is 12.1. The predicted molar refractivity (Wildman–Crippen MR) is 125 cm³/mol. The number of aryl methyl sites for hydroxylation is 1. The van der Waals surface area contributed by atoms with E-state index in [1.54, 1.807) is 16.2 Å². The average Bonchev–Trinajstić information content (AvgIpc) is 3.40. The molecule has 4 rings (SSSR count). The van der Waals surface area contributed by atoms with Crippen molar-refractivity contribution in [1.82, 2.24) is 19.4 Å². The van der Waals surface area contributed by atoms with Gasteiger partial charge in [0, 0.05) is 42.3 Å². The van der Waals surface area contributed by atoms with Crippen molar-refractivity contribution < 1.29 is 9.53 Å². The number of amides is 1. The Kier molecular flexibility index (Phi) is 6.00. The van der Waals surface area contributed by atoms with E-state index in [0.717, 1.165) is 33.9 Å². The van der Waals surface area contributed by atoms with Crippen LogP contribution >= 0.6 is 11.3 Å². The minimum atomic E-state index is -0.111. The highest BCUT2D eigenvalue weighted by molar-refractivity contribution is 7.15. The first-order valence-electron chi connectivity index (χ1n) is 10.6. The molecule has 1 saturated heterocycles. The molecule has 3 aromatic heterocycles. The zero-order valence-electron chi connectivity index (χ0n) is 18.5. The van der Waals surface area contributed by atoms with E-state index in [1.807, 2.05) is 26.1 Å². The predicted octanol–water partition coefficient (Wildman–Crippen LogP) is 4.76. The van der Waals surface area contributed by atoms with Gasteiger partial charge in [-0.1, -0.05) is 20.4 Å². The fraction of sp³-hybridized carbons (Fsp3) is 0.435. The third-order valence-electron chi connectivity index (χ3n) is 5.42. The van der Waals surface area contributed by atoms with Crippen LogP contribution in [0.2, 0.25) is 0 Å². The first kappa shape index (κ1) is 21.4. The minimum absolute atomic E-state index is 0.0608. The molecule has 31 heavy (non-hydrogen) atoms. The lowest BCUT2D eigenvalue weighted by molar-refractivity contribution is -0.126. The Morgan fingerprint density at radius 3 is 2.97 bits per heavy atom. The monoisotopic (exact) mass is 439 g/mol. The Morgan fingerprint density at radius 1 is 1.48 bits per heavy atom. The molecule has 0 aromatic carbocycles. The average molecular weight is 440 g/mol. The molecule has 0 spiro atoms. The fourth-order valence-corrected chi connectivity index (χ4v) is 4.71. The van der Waals surface area contributed by atoms with Crippen molar-refractivity contribution in [3.8, 4) is 5.88 Å². The van der Waals surface area contributed by atoms with Crippen LogP contribution < -0.4 is 10.1 Å². The molecule has 0 radical (unpaired) electrons. The molecule has 3 aromatic rings. The first-order chi connectivity index (χ1) is 14.8. The molecular formula is C23H29N5O2S. The summed E-state index contributed by atoms with van der Waals surface area (Å²) in [6.45, 7) is 13.5. The van der Waals surface area contributed by atoms with Crippen molar-refractivity contribution >= 4 is 39.1 Å². The lowest BCUT2D eigenvalue weighted by Crippen LogP contribution is -2.33. The first-order valence-corrected chi connectivity index (χ1v) is 11.4. The van der Waals surface area contributed by atoms with Crippen LogP contribution in [0.1, 0.15) is 32.1 Å². The third kappa shape index (κ3) is 4.58. The summed E-state index contributed by atoms with van der Waals surface area (Å²) in [6.07, 6.45) is 5.94. The van der Waals surface area contributed by atoms with E-state index in [9.17, 15) is 4.79 Å². The van der Waals surface area contributed by atoms with Crippen molar-refractivity contribution in [2.24, 2.45) is 5.92 Å². The second kappa shape index (κ2) is 8.70. The molecule has 7 nitrogen and oxygen atoms in total. The molecule has 0 bridgehead atoms. The van der Waals surface area contributed by atoms with Gasteiger partial charge in [-0.25, -0.2) is 4.98 Å². The van der Waals surface area contributed by atoms with E-state index in [4.69, 9.17) is 9.72 Å². The van der Waals surface area contributed by atoms with Gasteiger partial charge in [-0.15, -0.1) is 11.3 Å². The van der Waals surface area contributed by atoms with Gasteiger partial charge in [-0.2, -0.15) is 4.98 Å². The van der Waals surface area contributed by atoms with Crippen LogP contribution in [-0.2, 0) is 11.3 Å². The topological polar surface area (TPSA) is 72.3 Å². The number of fused-ring (bicyclic) bond motifs is 1. The zero-order valence-corrected chi connectivity index (χ0v) is 19.3. The maximum atomic E-state index is 12.1. The summed E-state index contributed by atoms with van der Waals surface area (Å²) in [7, 11) is 0. The number of nitrogens with one attached hydrogen (secondary N) is 1. The number of carbonyl (C=O) groups excluding carboxylic acids is 1. The number of hydrogen-bond acceptors (Lipinski definition) is 6. The van der Waals surface area contributed by atoms with Crippen molar-refractivity contribution in [2.75, 3.05) is 11.9 Å². The number of anilines is 2. The Balaban J connectivity index is 1.66. The normalized spacial score (nSPS) is 18.7. The molecule has 0 aliphatic carbocycles. The molecule has 1 aliphatic heterocycles. The molecule has 0 unspecified atom stereocenters. The van der Waals surface area contributed by atoms with Gasteiger partial charge < -0.3 is 19.5 Å². The second-order valence-corrected chi connectivity index (χ2v) is 9.76. The number of carbonyl (C=O) groups is 1. The fourth-order valence-electron chi connectivity index (χ4n) is 4.04. The molecule has 4 heterocycles. The van der Waals surface area contributed by atoms with Gasteiger partial charge in [0.25, 0.3) is 0 Å². The van der Waals surface area contributed by atoms with Gasteiger partial charge in [0.05, 0.1) is 17.4 Å². The van der Waals surface area contributed by atoms with Crippen LogP contribution in [0.4, 0.5) is 10.9 Å². The summed E-state index contributed by atoms with van der Waals surface area (Å²) in [5, 5.41) is 5.10. The van der Waals surface area contributed by atoms with E-state index in [2.05, 4.69) is 47.6 Å².